The van der Waals surface area contributed by atoms with Gasteiger partial charge >= 0.3 is 0 Å². The summed E-state index contributed by atoms with van der Waals surface area (Å²) in [6, 6.07) is 8.98. The minimum atomic E-state index is 0.252. The van der Waals surface area contributed by atoms with Crippen LogP contribution in [-0.2, 0) is 0 Å². The van der Waals surface area contributed by atoms with Crippen LogP contribution in [0, 0.1) is 0 Å². The van der Waals surface area contributed by atoms with Crippen LogP contribution in [-0.4, -0.2) is 24.5 Å². The number of nitrogens with zero attached hydrogens (tertiary/aromatic N) is 1. The first-order valence-corrected chi connectivity index (χ1v) is 6.19. The van der Waals surface area contributed by atoms with Crippen LogP contribution in [0.15, 0.2) is 28.7 Å². The summed E-state index contributed by atoms with van der Waals surface area (Å²) in [7, 11) is 2.16. The third-order valence-corrected chi connectivity index (χ3v) is 3.87. The topological polar surface area (TPSA) is 29.3 Å². The molecule has 1 fully saturated rings. The normalized spacial score (nSPS) is 27.9. The van der Waals surface area contributed by atoms with E-state index in [4.69, 9.17) is 5.73 Å². The first-order valence-electron chi connectivity index (χ1n) is 5.40. The van der Waals surface area contributed by atoms with Gasteiger partial charge in [-0.2, -0.15) is 0 Å². The maximum Gasteiger partial charge on any atom is 0.0507 e. The van der Waals surface area contributed by atoms with Crippen molar-refractivity contribution in [3.63, 3.8) is 0 Å². The maximum atomic E-state index is 6.21. The number of benzene rings is 1. The van der Waals surface area contributed by atoms with Gasteiger partial charge in [0.1, 0.15) is 0 Å². The number of piperidine rings is 1. The first kappa shape index (κ1) is 11.1. The molecule has 0 bridgehead atoms. The van der Waals surface area contributed by atoms with Crippen molar-refractivity contribution in [3.05, 3.63) is 34.3 Å². The Hall–Kier alpha value is -0.380. The predicted octanol–water partition coefficient (Wildman–Crippen LogP) is 2.54. The van der Waals surface area contributed by atoms with E-state index in [1.165, 1.54) is 16.5 Å². The number of likely N-dealkylation sites (N-methyl/N-ethyl adjacent to an activating group) is 1. The highest BCUT2D eigenvalue weighted by Crippen LogP contribution is 2.32. The zero-order valence-electron chi connectivity index (χ0n) is 8.99. The lowest BCUT2D eigenvalue weighted by atomic mass is 9.91. The second kappa shape index (κ2) is 4.64. The molecule has 1 aromatic carbocycles. The molecule has 2 N–H and O–H groups in total. The third kappa shape index (κ3) is 2.25. The fraction of sp³-hybridized carbons (Fsp3) is 0.500. The van der Waals surface area contributed by atoms with Crippen LogP contribution in [0.5, 0.6) is 0 Å². The van der Waals surface area contributed by atoms with E-state index in [-0.39, 0.29) is 6.04 Å². The second-order valence-electron chi connectivity index (χ2n) is 4.25. The molecule has 2 rings (SSSR count). The van der Waals surface area contributed by atoms with Gasteiger partial charge in [0.05, 0.1) is 6.04 Å². The molecular formula is C12H17BrN2. The molecule has 3 heteroatoms. The van der Waals surface area contributed by atoms with Crippen LogP contribution < -0.4 is 5.73 Å². The molecular weight excluding hydrogens is 252 g/mol. The van der Waals surface area contributed by atoms with E-state index in [0.717, 1.165) is 13.0 Å². The van der Waals surface area contributed by atoms with E-state index in [9.17, 15) is 0 Å². The fourth-order valence-corrected chi connectivity index (χ4v) is 2.90. The highest BCUT2D eigenvalue weighted by Gasteiger charge is 2.28. The Balaban J connectivity index is 2.31. The Bertz CT molecular complexity index is 330. The summed E-state index contributed by atoms with van der Waals surface area (Å²) >= 11 is 3.60. The van der Waals surface area contributed by atoms with E-state index in [0.29, 0.717) is 6.04 Å². The lowest BCUT2D eigenvalue weighted by Crippen LogP contribution is -2.43. The SMILES string of the molecule is CN1CCCC(N)C1c1ccccc1Br. The standard InChI is InChI=1S/C12H17BrN2/c1-15-8-4-7-11(14)12(15)9-5-2-3-6-10(9)13/h2-3,5-6,11-12H,4,7-8,14H2,1H3. The van der Waals surface area contributed by atoms with E-state index >= 15 is 0 Å². The highest BCUT2D eigenvalue weighted by molar-refractivity contribution is 9.10. The Labute approximate surface area is 99.6 Å². The largest absolute Gasteiger partial charge is 0.326 e. The van der Waals surface area contributed by atoms with Crippen molar-refractivity contribution in [1.82, 2.24) is 4.90 Å². The predicted molar refractivity (Wildman–Crippen MR) is 66.7 cm³/mol. The summed E-state index contributed by atoms with van der Waals surface area (Å²) in [6.45, 7) is 1.14. The summed E-state index contributed by atoms with van der Waals surface area (Å²) in [5.74, 6) is 0. The number of hydrogen-bond donors (Lipinski definition) is 1. The van der Waals surface area contributed by atoms with Gasteiger partial charge < -0.3 is 5.73 Å². The van der Waals surface area contributed by atoms with Gasteiger partial charge in [-0.3, -0.25) is 4.90 Å². The Kier molecular flexibility index (Phi) is 3.44. The molecule has 0 aromatic heterocycles. The molecule has 1 aromatic rings. The number of rotatable bonds is 1. The smallest absolute Gasteiger partial charge is 0.0507 e. The minimum absolute atomic E-state index is 0.252. The Morgan fingerprint density at radius 1 is 1.40 bits per heavy atom. The fourth-order valence-electron chi connectivity index (χ4n) is 2.38. The molecule has 0 radical (unpaired) electrons. The molecule has 2 atom stereocenters. The molecule has 15 heavy (non-hydrogen) atoms. The minimum Gasteiger partial charge on any atom is -0.326 e. The number of hydrogen-bond acceptors (Lipinski definition) is 2. The molecule has 2 unspecified atom stereocenters. The van der Waals surface area contributed by atoms with Gasteiger partial charge in [0, 0.05) is 10.5 Å². The van der Waals surface area contributed by atoms with Gasteiger partial charge in [-0.1, -0.05) is 34.1 Å². The van der Waals surface area contributed by atoms with Crippen LogP contribution in [0.3, 0.4) is 0 Å². The number of nitrogens with two attached hydrogens (primary N) is 1. The van der Waals surface area contributed by atoms with Crippen molar-refractivity contribution in [2.45, 2.75) is 24.9 Å². The molecule has 1 saturated heterocycles. The number of halogens is 1. The van der Waals surface area contributed by atoms with Crippen molar-refractivity contribution in [2.24, 2.45) is 5.73 Å². The Morgan fingerprint density at radius 2 is 2.13 bits per heavy atom. The first-order chi connectivity index (χ1) is 7.20. The molecule has 2 nitrogen and oxygen atoms in total. The Morgan fingerprint density at radius 3 is 2.80 bits per heavy atom. The molecule has 1 aliphatic heterocycles. The molecule has 0 saturated carbocycles. The molecule has 1 heterocycles. The quantitative estimate of drug-likeness (QED) is 0.849. The summed E-state index contributed by atoms with van der Waals surface area (Å²) in [6.07, 6.45) is 2.33. The maximum absolute atomic E-state index is 6.21. The molecule has 0 spiro atoms. The van der Waals surface area contributed by atoms with Crippen LogP contribution in [0.2, 0.25) is 0 Å². The van der Waals surface area contributed by atoms with Crippen LogP contribution in [0.25, 0.3) is 0 Å². The summed E-state index contributed by atoms with van der Waals surface area (Å²) in [4.78, 5) is 2.36. The van der Waals surface area contributed by atoms with Gasteiger partial charge in [0.15, 0.2) is 0 Å². The summed E-state index contributed by atoms with van der Waals surface area (Å²) in [5.41, 5.74) is 7.52. The van der Waals surface area contributed by atoms with Gasteiger partial charge in [0.25, 0.3) is 0 Å². The van der Waals surface area contributed by atoms with Crippen LogP contribution in [0.1, 0.15) is 24.4 Å². The molecule has 1 aliphatic rings. The van der Waals surface area contributed by atoms with Crippen molar-refractivity contribution >= 4 is 15.9 Å². The monoisotopic (exact) mass is 268 g/mol. The summed E-state index contributed by atoms with van der Waals surface area (Å²) in [5, 5.41) is 0. The van der Waals surface area contributed by atoms with Crippen LogP contribution in [0.4, 0.5) is 0 Å². The van der Waals surface area contributed by atoms with Gasteiger partial charge in [-0.25, -0.2) is 0 Å². The summed E-state index contributed by atoms with van der Waals surface area (Å²) < 4.78 is 1.17. The van der Waals surface area contributed by atoms with E-state index in [1.54, 1.807) is 0 Å². The van der Waals surface area contributed by atoms with Gasteiger partial charge in [-0.15, -0.1) is 0 Å². The third-order valence-electron chi connectivity index (χ3n) is 3.15. The molecule has 0 amide bonds. The molecule has 0 aliphatic carbocycles. The molecule has 82 valence electrons. The van der Waals surface area contributed by atoms with Crippen molar-refractivity contribution in [3.8, 4) is 0 Å². The average molecular weight is 269 g/mol. The lowest BCUT2D eigenvalue weighted by Gasteiger charge is -2.38. The second-order valence-corrected chi connectivity index (χ2v) is 5.11. The van der Waals surface area contributed by atoms with Gasteiger partial charge in [0.2, 0.25) is 0 Å². The lowest BCUT2D eigenvalue weighted by molar-refractivity contribution is 0.162. The van der Waals surface area contributed by atoms with E-state index in [2.05, 4.69) is 46.1 Å². The number of likely N-dealkylation sites (tertiary alicyclic amines) is 1. The highest BCUT2D eigenvalue weighted by atomic mass is 79.9. The van der Waals surface area contributed by atoms with Crippen molar-refractivity contribution < 1.29 is 0 Å². The zero-order chi connectivity index (χ0) is 10.8. The average Bonchev–Trinajstić information content (AvgIpc) is 2.20. The van der Waals surface area contributed by atoms with Crippen LogP contribution >= 0.6 is 15.9 Å². The van der Waals surface area contributed by atoms with Gasteiger partial charge in [-0.05, 0) is 38.1 Å². The van der Waals surface area contributed by atoms with Crippen molar-refractivity contribution in [1.29, 1.82) is 0 Å². The van der Waals surface area contributed by atoms with Crippen molar-refractivity contribution in [2.75, 3.05) is 13.6 Å². The zero-order valence-corrected chi connectivity index (χ0v) is 10.6. The van der Waals surface area contributed by atoms with E-state index < -0.39 is 0 Å². The van der Waals surface area contributed by atoms with E-state index in [1.807, 2.05) is 6.07 Å².